The van der Waals surface area contributed by atoms with Crippen LogP contribution in [-0.4, -0.2) is 12.5 Å². The lowest BCUT2D eigenvalue weighted by Crippen LogP contribution is -2.38. The molecule has 114 valence electrons. The van der Waals surface area contributed by atoms with E-state index in [2.05, 4.69) is 5.32 Å². The fraction of sp³-hybridized carbons (Fsp3) is 0.235. The fourth-order valence-electron chi connectivity index (χ4n) is 2.36. The molecule has 2 aromatic carbocycles. The molecule has 0 bridgehead atoms. The molecule has 3 rings (SSSR count). The molecule has 1 N–H and O–H groups in total. The molecule has 0 aromatic heterocycles. The van der Waals surface area contributed by atoms with Gasteiger partial charge in [0.1, 0.15) is 5.75 Å². The Hall–Kier alpha value is -1.71. The Morgan fingerprint density at radius 1 is 1.00 bits per heavy atom. The van der Waals surface area contributed by atoms with Crippen molar-refractivity contribution < 1.29 is 9.53 Å². The van der Waals surface area contributed by atoms with Crippen molar-refractivity contribution in [2.45, 2.75) is 18.4 Å². The number of halogens is 2. The number of carbonyl (C=O) groups is 1. The Kier molecular flexibility index (Phi) is 4.27. The molecule has 2 aromatic rings. The highest BCUT2D eigenvalue weighted by atomic mass is 35.5. The SMILES string of the molecule is O=C(COc1ccc(Cl)cc1)NC1(c2ccc(Cl)cc2)CC1. The van der Waals surface area contributed by atoms with Crippen molar-refractivity contribution in [2.24, 2.45) is 0 Å². The third-order valence-electron chi connectivity index (χ3n) is 3.71. The van der Waals surface area contributed by atoms with Gasteiger partial charge in [-0.05, 0) is 54.8 Å². The lowest BCUT2D eigenvalue weighted by molar-refractivity contribution is -0.124. The van der Waals surface area contributed by atoms with Gasteiger partial charge in [-0.15, -0.1) is 0 Å². The van der Waals surface area contributed by atoms with Crippen LogP contribution in [0.4, 0.5) is 0 Å². The van der Waals surface area contributed by atoms with E-state index in [1.54, 1.807) is 24.3 Å². The summed E-state index contributed by atoms with van der Waals surface area (Å²) in [7, 11) is 0. The van der Waals surface area contributed by atoms with Gasteiger partial charge in [0, 0.05) is 10.0 Å². The van der Waals surface area contributed by atoms with Gasteiger partial charge in [-0.3, -0.25) is 4.79 Å². The van der Waals surface area contributed by atoms with Crippen LogP contribution >= 0.6 is 23.2 Å². The van der Waals surface area contributed by atoms with Crippen LogP contribution in [0.15, 0.2) is 48.5 Å². The Labute approximate surface area is 139 Å². The van der Waals surface area contributed by atoms with E-state index in [9.17, 15) is 4.79 Å². The molecule has 1 fully saturated rings. The van der Waals surface area contributed by atoms with E-state index in [0.29, 0.717) is 15.8 Å². The minimum absolute atomic E-state index is 0.0169. The van der Waals surface area contributed by atoms with E-state index in [1.165, 1.54) is 0 Å². The molecule has 1 amide bonds. The van der Waals surface area contributed by atoms with E-state index in [0.717, 1.165) is 18.4 Å². The van der Waals surface area contributed by atoms with Crippen LogP contribution in [-0.2, 0) is 10.3 Å². The van der Waals surface area contributed by atoms with Crippen LogP contribution in [0.25, 0.3) is 0 Å². The van der Waals surface area contributed by atoms with E-state index in [4.69, 9.17) is 27.9 Å². The van der Waals surface area contributed by atoms with Crippen LogP contribution in [0.5, 0.6) is 5.75 Å². The zero-order valence-corrected chi connectivity index (χ0v) is 13.3. The van der Waals surface area contributed by atoms with Gasteiger partial charge in [-0.2, -0.15) is 0 Å². The number of hydrogen-bond acceptors (Lipinski definition) is 2. The molecule has 1 aliphatic rings. The Morgan fingerprint density at radius 3 is 2.09 bits per heavy atom. The van der Waals surface area contributed by atoms with Crippen molar-refractivity contribution in [3.05, 3.63) is 64.1 Å². The molecule has 0 atom stereocenters. The zero-order chi connectivity index (χ0) is 15.6. The molecule has 5 heteroatoms. The van der Waals surface area contributed by atoms with Crippen molar-refractivity contribution in [1.82, 2.24) is 5.32 Å². The first-order chi connectivity index (χ1) is 10.6. The van der Waals surface area contributed by atoms with Crippen LogP contribution in [0, 0.1) is 0 Å². The molecule has 0 radical (unpaired) electrons. The number of amides is 1. The van der Waals surface area contributed by atoms with Crippen molar-refractivity contribution in [3.63, 3.8) is 0 Å². The van der Waals surface area contributed by atoms with E-state index < -0.39 is 0 Å². The second kappa shape index (κ2) is 6.19. The molecule has 3 nitrogen and oxygen atoms in total. The number of rotatable bonds is 5. The molecular weight excluding hydrogens is 321 g/mol. The second-order valence-corrected chi connectivity index (χ2v) is 6.25. The minimum Gasteiger partial charge on any atom is -0.484 e. The first-order valence-electron chi connectivity index (χ1n) is 7.03. The van der Waals surface area contributed by atoms with Crippen LogP contribution in [0.3, 0.4) is 0 Å². The normalized spacial score (nSPS) is 15.2. The lowest BCUT2D eigenvalue weighted by Gasteiger charge is -2.18. The van der Waals surface area contributed by atoms with Crippen molar-refractivity contribution in [2.75, 3.05) is 6.61 Å². The molecule has 0 unspecified atom stereocenters. The highest BCUT2D eigenvalue weighted by molar-refractivity contribution is 6.30. The van der Waals surface area contributed by atoms with Gasteiger partial charge in [-0.25, -0.2) is 0 Å². The number of nitrogens with one attached hydrogen (secondary N) is 1. The number of hydrogen-bond donors (Lipinski definition) is 1. The predicted octanol–water partition coefficient (Wildman–Crippen LogP) is 4.18. The monoisotopic (exact) mass is 335 g/mol. The Balaban J connectivity index is 1.57. The van der Waals surface area contributed by atoms with Gasteiger partial charge in [0.05, 0.1) is 5.54 Å². The van der Waals surface area contributed by atoms with Crippen LogP contribution < -0.4 is 10.1 Å². The average Bonchev–Trinajstić information content (AvgIpc) is 3.28. The molecule has 0 spiro atoms. The topological polar surface area (TPSA) is 38.3 Å². The maximum absolute atomic E-state index is 12.1. The largest absolute Gasteiger partial charge is 0.484 e. The quantitative estimate of drug-likeness (QED) is 0.890. The summed E-state index contributed by atoms with van der Waals surface area (Å²) in [5.41, 5.74) is 0.821. The van der Waals surface area contributed by atoms with Gasteiger partial charge in [-0.1, -0.05) is 35.3 Å². The summed E-state index contributed by atoms with van der Waals surface area (Å²) in [6.07, 6.45) is 1.86. The van der Waals surface area contributed by atoms with Crippen molar-refractivity contribution >= 4 is 29.1 Å². The maximum atomic E-state index is 12.1. The predicted molar refractivity (Wildman–Crippen MR) is 87.5 cm³/mol. The molecule has 0 heterocycles. The number of ether oxygens (including phenoxy) is 1. The van der Waals surface area contributed by atoms with E-state index in [1.807, 2.05) is 24.3 Å². The van der Waals surface area contributed by atoms with E-state index in [-0.39, 0.29) is 18.1 Å². The highest BCUT2D eigenvalue weighted by Gasteiger charge is 2.45. The first kappa shape index (κ1) is 15.2. The summed E-state index contributed by atoms with van der Waals surface area (Å²) in [4.78, 5) is 12.1. The maximum Gasteiger partial charge on any atom is 0.258 e. The van der Waals surface area contributed by atoms with Gasteiger partial charge < -0.3 is 10.1 Å². The molecule has 0 aliphatic heterocycles. The highest BCUT2D eigenvalue weighted by Crippen LogP contribution is 2.45. The Morgan fingerprint density at radius 2 is 1.55 bits per heavy atom. The van der Waals surface area contributed by atoms with Crippen molar-refractivity contribution in [1.29, 1.82) is 0 Å². The van der Waals surface area contributed by atoms with Crippen molar-refractivity contribution in [3.8, 4) is 5.75 Å². The van der Waals surface area contributed by atoms with Crippen LogP contribution in [0.2, 0.25) is 10.0 Å². The molecule has 1 aliphatic carbocycles. The third-order valence-corrected chi connectivity index (χ3v) is 4.21. The standard InChI is InChI=1S/C17H15Cl2NO2/c18-13-3-1-12(2-4-13)17(9-10-17)20-16(21)11-22-15-7-5-14(19)6-8-15/h1-8H,9-11H2,(H,20,21). The number of benzene rings is 2. The van der Waals surface area contributed by atoms with Gasteiger partial charge in [0.15, 0.2) is 6.61 Å². The van der Waals surface area contributed by atoms with Gasteiger partial charge in [0.25, 0.3) is 5.91 Å². The second-order valence-electron chi connectivity index (χ2n) is 5.38. The summed E-state index contributed by atoms with van der Waals surface area (Å²) in [5.74, 6) is 0.485. The lowest BCUT2D eigenvalue weighted by atomic mass is 10.1. The van der Waals surface area contributed by atoms with Gasteiger partial charge >= 0.3 is 0 Å². The average molecular weight is 336 g/mol. The summed E-state index contributed by atoms with van der Waals surface area (Å²) in [6, 6.07) is 14.5. The smallest absolute Gasteiger partial charge is 0.258 e. The first-order valence-corrected chi connectivity index (χ1v) is 7.78. The van der Waals surface area contributed by atoms with E-state index >= 15 is 0 Å². The zero-order valence-electron chi connectivity index (χ0n) is 11.8. The summed E-state index contributed by atoms with van der Waals surface area (Å²) >= 11 is 11.7. The van der Waals surface area contributed by atoms with Gasteiger partial charge in [0.2, 0.25) is 0 Å². The fourth-order valence-corrected chi connectivity index (χ4v) is 2.61. The molecular formula is C17H15Cl2NO2. The molecule has 0 saturated heterocycles. The summed E-state index contributed by atoms with van der Waals surface area (Å²) < 4.78 is 5.46. The minimum atomic E-state index is -0.259. The Bertz CT molecular complexity index is 664. The number of carbonyl (C=O) groups excluding carboxylic acids is 1. The summed E-state index contributed by atoms with van der Waals surface area (Å²) in [5, 5.41) is 4.38. The molecule has 22 heavy (non-hydrogen) atoms. The molecule has 1 saturated carbocycles. The third kappa shape index (κ3) is 3.54. The van der Waals surface area contributed by atoms with Crippen LogP contribution in [0.1, 0.15) is 18.4 Å². The summed E-state index contributed by atoms with van der Waals surface area (Å²) in [6.45, 7) is -0.0169.